The lowest BCUT2D eigenvalue weighted by molar-refractivity contribution is -0.143. The van der Waals surface area contributed by atoms with Crippen LogP contribution in [0, 0.1) is 5.92 Å². The maximum Gasteiger partial charge on any atom is 0.303 e. The van der Waals surface area contributed by atoms with Gasteiger partial charge in [0, 0.05) is 32.9 Å². The third-order valence-electron chi connectivity index (χ3n) is 8.04. The molecule has 3 aliphatic rings. The number of tetrazole rings is 1. The number of carbonyl (C=O) groups excluding carboxylic acids is 2. The Kier molecular flexibility index (Phi) is 10.1. The molecule has 4 rings (SSSR count). The molecule has 4 heterocycles. The minimum Gasteiger partial charge on any atom is -0.459 e. The van der Waals surface area contributed by atoms with E-state index in [9.17, 15) is 14.7 Å². The average molecular weight is 574 g/mol. The van der Waals surface area contributed by atoms with Crippen molar-refractivity contribution in [1.82, 2.24) is 25.5 Å². The average Bonchev–Trinajstić information content (AvgIpc) is 3.57. The fraction of sp³-hybridized carbons (Fsp3) is 0.690. The van der Waals surface area contributed by atoms with Crippen molar-refractivity contribution in [2.45, 2.75) is 109 Å². The molecule has 3 aliphatic heterocycles. The van der Waals surface area contributed by atoms with Crippen LogP contribution in [0.15, 0.2) is 36.0 Å². The molecular formula is C29H43N5O7. The van der Waals surface area contributed by atoms with Gasteiger partial charge in [-0.3, -0.25) is 9.59 Å². The molecule has 3 fully saturated rings. The fourth-order valence-corrected chi connectivity index (χ4v) is 5.51. The van der Waals surface area contributed by atoms with E-state index in [0.29, 0.717) is 19.4 Å². The lowest BCUT2D eigenvalue weighted by atomic mass is 9.87. The third kappa shape index (κ3) is 8.31. The van der Waals surface area contributed by atoms with Crippen LogP contribution >= 0.6 is 0 Å². The van der Waals surface area contributed by atoms with Crippen LogP contribution < -0.4 is 5.32 Å². The summed E-state index contributed by atoms with van der Waals surface area (Å²) in [4.78, 5) is 23.4. The monoisotopic (exact) mass is 573 g/mol. The van der Waals surface area contributed by atoms with E-state index >= 15 is 0 Å². The molecule has 0 aromatic carbocycles. The summed E-state index contributed by atoms with van der Waals surface area (Å²) in [6, 6.07) is -0.112. The van der Waals surface area contributed by atoms with Crippen molar-refractivity contribution in [1.29, 1.82) is 0 Å². The quantitative estimate of drug-likeness (QED) is 0.183. The number of nitrogens with zero attached hydrogens (tertiary/aromatic N) is 4. The first-order chi connectivity index (χ1) is 19.5. The van der Waals surface area contributed by atoms with Gasteiger partial charge in [-0.05, 0) is 56.0 Å². The Morgan fingerprint density at radius 1 is 1.27 bits per heavy atom. The largest absolute Gasteiger partial charge is 0.459 e. The van der Waals surface area contributed by atoms with Gasteiger partial charge in [-0.25, -0.2) is 4.68 Å². The lowest BCUT2D eigenvalue weighted by Gasteiger charge is -2.39. The highest BCUT2D eigenvalue weighted by molar-refractivity contribution is 5.87. The summed E-state index contributed by atoms with van der Waals surface area (Å²) in [5, 5.41) is 25.6. The highest BCUT2D eigenvalue weighted by Gasteiger charge is 2.58. The van der Waals surface area contributed by atoms with Crippen LogP contribution in [-0.2, 0) is 42.0 Å². The maximum atomic E-state index is 12.4. The Morgan fingerprint density at radius 2 is 2.02 bits per heavy atom. The van der Waals surface area contributed by atoms with Gasteiger partial charge in [0.15, 0.2) is 5.82 Å². The van der Waals surface area contributed by atoms with E-state index in [2.05, 4.69) is 33.8 Å². The number of aliphatic hydroxyl groups excluding tert-OH is 1. The molecule has 3 saturated heterocycles. The van der Waals surface area contributed by atoms with E-state index in [1.54, 1.807) is 24.7 Å². The number of ether oxygens (including phenoxy) is 4. The molecule has 1 aromatic rings. The summed E-state index contributed by atoms with van der Waals surface area (Å²) in [5.41, 5.74) is 0.475. The molecular weight excluding hydrogens is 530 g/mol. The number of hydrogen-bond donors (Lipinski definition) is 2. The normalized spacial score (nSPS) is 34.7. The van der Waals surface area contributed by atoms with Gasteiger partial charge in [-0.1, -0.05) is 30.7 Å². The smallest absolute Gasteiger partial charge is 0.303 e. The second-order valence-electron chi connectivity index (χ2n) is 11.6. The number of nitrogens with one attached hydrogen (secondary N) is 1. The summed E-state index contributed by atoms with van der Waals surface area (Å²) in [5.74, 6) is 0.333. The number of hydrogen-bond acceptors (Lipinski definition) is 10. The number of carbonyl (C=O) groups is 2. The van der Waals surface area contributed by atoms with Crippen molar-refractivity contribution < 1.29 is 33.6 Å². The number of epoxide rings is 1. The Balaban J connectivity index is 1.27. The van der Waals surface area contributed by atoms with Gasteiger partial charge in [0.2, 0.25) is 5.91 Å². The van der Waals surface area contributed by atoms with E-state index in [4.69, 9.17) is 18.9 Å². The molecule has 0 unspecified atom stereocenters. The molecule has 12 heteroatoms. The second-order valence-corrected chi connectivity index (χ2v) is 11.6. The van der Waals surface area contributed by atoms with Crippen LogP contribution in [0.2, 0.25) is 0 Å². The zero-order chi connectivity index (χ0) is 29.7. The van der Waals surface area contributed by atoms with Crippen LogP contribution in [0.1, 0.15) is 59.7 Å². The molecule has 1 spiro atoms. The Labute approximate surface area is 241 Å². The standard InChI is InChI=1S/C29H43N5O7/c1-17(8-11-25-28(37)29(16-38-29)15-22(41-25)14-26-31-32-33-34(26)6)7-10-24-18(2)13-23(20(4)40-24)30-27(36)12-9-19(3)39-21(5)35/h7-9,11-12,18-20,22-25,28,37H,10,13-16H2,1-6H3,(H,30,36)/b11-8+,12-9-,17-7+/t18-,19-,20+,22+,23+,24-,25+,28+,29+/m0/s1. The Bertz CT molecular complexity index is 1160. The van der Waals surface area contributed by atoms with Crippen molar-refractivity contribution in [3.63, 3.8) is 0 Å². The molecule has 12 nitrogen and oxygen atoms in total. The highest BCUT2D eigenvalue weighted by atomic mass is 16.6. The van der Waals surface area contributed by atoms with E-state index in [-0.39, 0.29) is 36.2 Å². The molecule has 0 saturated carbocycles. The van der Waals surface area contributed by atoms with Crippen LogP contribution in [0.25, 0.3) is 0 Å². The third-order valence-corrected chi connectivity index (χ3v) is 8.04. The van der Waals surface area contributed by atoms with Crippen molar-refractivity contribution in [3.8, 4) is 0 Å². The lowest BCUT2D eigenvalue weighted by Crippen LogP contribution is -2.50. The van der Waals surface area contributed by atoms with E-state index < -0.39 is 29.9 Å². The first kappa shape index (κ1) is 31.0. The van der Waals surface area contributed by atoms with Gasteiger partial charge in [0.25, 0.3) is 0 Å². The van der Waals surface area contributed by atoms with Crippen molar-refractivity contribution in [2.24, 2.45) is 13.0 Å². The number of amides is 1. The summed E-state index contributed by atoms with van der Waals surface area (Å²) in [6.07, 6.45) is 9.61. The SMILES string of the molecule is CC(=O)O[C@@H](C)/C=C\C(=O)N[C@@H]1C[C@H](C)[C@H](C/C=C(C)/C=C/[C@H]2O[C@H](Cc3nnnn3C)C[C@@]3(CO3)[C@@H]2O)O[C@@H]1C. The highest BCUT2D eigenvalue weighted by Crippen LogP contribution is 2.43. The number of rotatable bonds is 10. The first-order valence-electron chi connectivity index (χ1n) is 14.3. The summed E-state index contributed by atoms with van der Waals surface area (Å²) in [6.45, 7) is 9.66. The fourth-order valence-electron chi connectivity index (χ4n) is 5.51. The minimum absolute atomic E-state index is 0.0186. The second kappa shape index (κ2) is 13.4. The van der Waals surface area contributed by atoms with Gasteiger partial charge in [0.05, 0.1) is 31.0 Å². The Morgan fingerprint density at radius 3 is 2.68 bits per heavy atom. The van der Waals surface area contributed by atoms with E-state index in [1.807, 2.05) is 26.0 Å². The number of aromatic nitrogens is 4. The van der Waals surface area contributed by atoms with Gasteiger partial charge in [-0.2, -0.15) is 0 Å². The minimum atomic E-state index is -0.741. The summed E-state index contributed by atoms with van der Waals surface area (Å²) < 4.78 is 24.8. The molecule has 226 valence electrons. The molecule has 0 radical (unpaired) electrons. The number of allylic oxidation sites excluding steroid dienone is 2. The maximum absolute atomic E-state index is 12.4. The first-order valence-corrected chi connectivity index (χ1v) is 14.3. The van der Waals surface area contributed by atoms with Gasteiger partial charge in [-0.15, -0.1) is 5.10 Å². The van der Waals surface area contributed by atoms with E-state index in [0.717, 1.165) is 24.2 Å². The molecule has 9 atom stereocenters. The predicted octanol–water partition coefficient (Wildman–Crippen LogP) is 1.74. The number of esters is 1. The van der Waals surface area contributed by atoms with Crippen molar-refractivity contribution in [3.05, 3.63) is 41.8 Å². The number of aryl methyl sites for hydroxylation is 1. The van der Waals surface area contributed by atoms with Crippen molar-refractivity contribution in [2.75, 3.05) is 6.61 Å². The van der Waals surface area contributed by atoms with Crippen molar-refractivity contribution >= 4 is 11.9 Å². The zero-order valence-corrected chi connectivity index (χ0v) is 24.7. The van der Waals surface area contributed by atoms with Gasteiger partial charge in [0.1, 0.15) is 23.9 Å². The zero-order valence-electron chi connectivity index (χ0n) is 24.7. The molecule has 1 amide bonds. The van der Waals surface area contributed by atoms with Crippen LogP contribution in [0.5, 0.6) is 0 Å². The molecule has 0 aliphatic carbocycles. The Hall–Kier alpha value is -2.93. The van der Waals surface area contributed by atoms with E-state index in [1.165, 1.54) is 13.0 Å². The topological polar surface area (TPSA) is 150 Å². The number of aliphatic hydroxyl groups is 1. The predicted molar refractivity (Wildman–Crippen MR) is 148 cm³/mol. The van der Waals surface area contributed by atoms with Gasteiger partial charge < -0.3 is 29.4 Å². The molecule has 1 aromatic heterocycles. The van der Waals surface area contributed by atoms with Crippen LogP contribution in [0.3, 0.4) is 0 Å². The van der Waals surface area contributed by atoms with Crippen LogP contribution in [-0.4, -0.2) is 92.1 Å². The summed E-state index contributed by atoms with van der Waals surface area (Å²) in [7, 11) is 1.80. The molecule has 0 bridgehead atoms. The van der Waals surface area contributed by atoms with Gasteiger partial charge >= 0.3 is 5.97 Å². The molecule has 2 N–H and O–H groups in total. The van der Waals surface area contributed by atoms with Crippen LogP contribution in [0.4, 0.5) is 0 Å². The molecule has 41 heavy (non-hydrogen) atoms. The summed E-state index contributed by atoms with van der Waals surface area (Å²) >= 11 is 0.